The van der Waals surface area contributed by atoms with Gasteiger partial charge in [0, 0.05) is 42.0 Å². The number of anilines is 1. The number of amides is 1. The molecule has 4 rings (SSSR count). The summed E-state index contributed by atoms with van der Waals surface area (Å²) in [7, 11) is 3.86. The topological polar surface area (TPSA) is 93.6 Å². The zero-order valence-electron chi connectivity index (χ0n) is 20.2. The number of carbonyl (C=O) groups is 1. The second-order valence-electron chi connectivity index (χ2n) is 8.64. The number of nitrogens with two attached hydrogens (primary N) is 1. The van der Waals surface area contributed by atoms with Crippen molar-refractivity contribution < 1.29 is 22.7 Å². The lowest BCUT2D eigenvalue weighted by molar-refractivity contribution is 0.0951. The Morgan fingerprint density at radius 1 is 1.19 bits per heavy atom. The van der Waals surface area contributed by atoms with Crippen molar-refractivity contribution >= 4 is 45.9 Å². The lowest BCUT2D eigenvalue weighted by Crippen LogP contribution is -2.31. The molecule has 2 heterocycles. The number of nitrogens with one attached hydrogen (secondary N) is 1. The molecular weight excluding hydrogens is 525 g/mol. The zero-order valence-corrected chi connectivity index (χ0v) is 21.8. The van der Waals surface area contributed by atoms with Crippen molar-refractivity contribution in [2.75, 3.05) is 32.9 Å². The van der Waals surface area contributed by atoms with Gasteiger partial charge in [0.15, 0.2) is 11.4 Å². The number of hydrogen-bond acceptors (Lipinski definition) is 6. The first-order valence-corrected chi connectivity index (χ1v) is 12.0. The molecule has 0 radical (unpaired) electrons. The minimum Gasteiger partial charge on any atom is -0.478 e. The first-order valence-electron chi connectivity index (χ1n) is 11.3. The molecule has 0 unspecified atom stereocenters. The van der Waals surface area contributed by atoms with Gasteiger partial charge in [-0.2, -0.15) is 0 Å². The minimum absolute atomic E-state index is 0.00844. The van der Waals surface area contributed by atoms with Crippen LogP contribution in [0, 0.1) is 11.6 Å². The number of aromatic nitrogens is 1. The van der Waals surface area contributed by atoms with E-state index >= 15 is 0 Å². The molecule has 7 nitrogen and oxygen atoms in total. The molecule has 1 atom stereocenters. The summed E-state index contributed by atoms with van der Waals surface area (Å²) in [5.41, 5.74) is 8.24. The third kappa shape index (κ3) is 5.49. The quantitative estimate of drug-likeness (QED) is 0.258. The third-order valence-electron chi connectivity index (χ3n) is 5.75. The number of likely N-dealkylation sites (N-methyl/N-ethyl adjacent to an activating group) is 1. The Morgan fingerprint density at radius 2 is 1.84 bits per heavy atom. The maximum absolute atomic E-state index is 14.0. The number of pyridine rings is 1. The summed E-state index contributed by atoms with van der Waals surface area (Å²) in [6, 6.07) is 7.62. The van der Waals surface area contributed by atoms with E-state index in [2.05, 4.69) is 10.3 Å². The minimum atomic E-state index is -0.987. The van der Waals surface area contributed by atoms with Gasteiger partial charge in [0.1, 0.15) is 17.7 Å². The van der Waals surface area contributed by atoms with Crippen LogP contribution in [0.25, 0.3) is 22.1 Å². The molecule has 0 saturated heterocycles. The average Bonchev–Trinajstić information content (AvgIpc) is 3.29. The standard InChI is InChI=1S/C26H24Cl2F2N4O3/c1-13(20-21(27)18(29)10-19(30)22(20)28)37-24-23-16(11-33-25(24)31)17(12-36-23)14-4-6-15(7-5-14)26(35)32-8-9-34(2)3/h4-7,10-13H,8-9H2,1-3H3,(H2,31,33)(H,32,35)/t13-/m1/s1. The van der Waals surface area contributed by atoms with Crippen LogP contribution in [0.5, 0.6) is 5.75 Å². The Hall–Kier alpha value is -3.40. The predicted octanol–water partition coefficient (Wildman–Crippen LogP) is 6.09. The van der Waals surface area contributed by atoms with Crippen LogP contribution in [0.2, 0.25) is 10.0 Å². The number of ether oxygens (including phenoxy) is 1. The molecular formula is C26H24Cl2F2N4O3. The highest BCUT2D eigenvalue weighted by atomic mass is 35.5. The molecule has 0 saturated carbocycles. The fourth-order valence-electron chi connectivity index (χ4n) is 3.80. The van der Waals surface area contributed by atoms with Crippen LogP contribution in [0.15, 0.2) is 47.2 Å². The number of furan rings is 1. The first-order chi connectivity index (χ1) is 17.6. The molecule has 3 N–H and O–H groups in total. The van der Waals surface area contributed by atoms with Gasteiger partial charge >= 0.3 is 0 Å². The highest BCUT2D eigenvalue weighted by molar-refractivity contribution is 6.36. The number of carbonyl (C=O) groups excluding carboxylic acids is 1. The number of halogens is 4. The highest BCUT2D eigenvalue weighted by Gasteiger charge is 2.25. The van der Waals surface area contributed by atoms with Crippen molar-refractivity contribution in [3.8, 4) is 16.9 Å². The first kappa shape index (κ1) is 26.7. The highest BCUT2D eigenvalue weighted by Crippen LogP contribution is 2.42. The summed E-state index contributed by atoms with van der Waals surface area (Å²) >= 11 is 12.1. The van der Waals surface area contributed by atoms with Crippen LogP contribution in [0.1, 0.15) is 28.9 Å². The summed E-state index contributed by atoms with van der Waals surface area (Å²) in [6.07, 6.45) is 2.06. The van der Waals surface area contributed by atoms with E-state index < -0.39 is 17.7 Å². The number of rotatable bonds is 8. The molecule has 0 spiro atoms. The van der Waals surface area contributed by atoms with Crippen molar-refractivity contribution in [1.29, 1.82) is 0 Å². The molecule has 4 aromatic rings. The summed E-state index contributed by atoms with van der Waals surface area (Å²) in [5, 5.41) is 2.74. The second kappa shape index (κ2) is 10.9. The molecule has 0 aliphatic rings. The summed E-state index contributed by atoms with van der Waals surface area (Å²) in [6.45, 7) is 2.79. The molecule has 1 amide bonds. The number of nitrogen functional groups attached to an aromatic ring is 1. The second-order valence-corrected chi connectivity index (χ2v) is 9.40. The zero-order chi connectivity index (χ0) is 26.9. The van der Waals surface area contributed by atoms with Crippen molar-refractivity contribution in [2.24, 2.45) is 0 Å². The molecule has 11 heteroatoms. The Morgan fingerprint density at radius 3 is 2.46 bits per heavy atom. The van der Waals surface area contributed by atoms with Gasteiger partial charge in [-0.3, -0.25) is 4.79 Å². The number of nitrogens with zero attached hydrogens (tertiary/aromatic N) is 2. The fourth-order valence-corrected chi connectivity index (χ4v) is 4.45. The van der Waals surface area contributed by atoms with Crippen LogP contribution in [0.4, 0.5) is 14.6 Å². The van der Waals surface area contributed by atoms with Crippen molar-refractivity contribution in [2.45, 2.75) is 13.0 Å². The summed E-state index contributed by atoms with van der Waals surface area (Å²) < 4.78 is 39.8. The lowest BCUT2D eigenvalue weighted by atomic mass is 10.0. The van der Waals surface area contributed by atoms with Gasteiger partial charge in [-0.05, 0) is 38.7 Å². The van der Waals surface area contributed by atoms with Crippen LogP contribution in [-0.2, 0) is 0 Å². The number of benzene rings is 2. The van der Waals surface area contributed by atoms with E-state index in [-0.39, 0.29) is 38.7 Å². The molecule has 0 bridgehead atoms. The third-order valence-corrected chi connectivity index (χ3v) is 6.52. The van der Waals surface area contributed by atoms with Crippen LogP contribution in [0.3, 0.4) is 0 Å². The van der Waals surface area contributed by atoms with E-state index in [1.54, 1.807) is 24.3 Å². The Balaban J connectivity index is 1.62. The van der Waals surface area contributed by atoms with E-state index in [4.69, 9.17) is 38.1 Å². The van der Waals surface area contributed by atoms with Crippen molar-refractivity contribution in [3.05, 3.63) is 75.6 Å². The molecule has 2 aromatic heterocycles. The number of hydrogen-bond donors (Lipinski definition) is 2. The number of fused-ring (bicyclic) bond motifs is 1. The largest absolute Gasteiger partial charge is 0.478 e. The SMILES string of the molecule is C[C@@H](Oc1c(N)ncc2c(-c3ccc(C(=O)NCCN(C)C)cc3)coc12)c1c(Cl)c(F)cc(F)c1Cl. The van der Waals surface area contributed by atoms with Crippen LogP contribution >= 0.6 is 23.2 Å². The van der Waals surface area contributed by atoms with Gasteiger partial charge < -0.3 is 25.1 Å². The summed E-state index contributed by atoms with van der Waals surface area (Å²) in [4.78, 5) is 18.5. The maximum Gasteiger partial charge on any atom is 0.251 e. The van der Waals surface area contributed by atoms with Gasteiger partial charge in [0.25, 0.3) is 5.91 Å². The van der Waals surface area contributed by atoms with Gasteiger partial charge in [0.2, 0.25) is 5.75 Å². The molecule has 0 fully saturated rings. The van der Waals surface area contributed by atoms with Gasteiger partial charge in [-0.15, -0.1) is 0 Å². The molecule has 0 aliphatic heterocycles. The van der Waals surface area contributed by atoms with E-state index in [0.717, 1.165) is 12.1 Å². The van der Waals surface area contributed by atoms with E-state index in [9.17, 15) is 13.6 Å². The van der Waals surface area contributed by atoms with Crippen LogP contribution < -0.4 is 15.8 Å². The van der Waals surface area contributed by atoms with E-state index in [0.29, 0.717) is 29.1 Å². The Labute approximate surface area is 222 Å². The van der Waals surface area contributed by atoms with Crippen molar-refractivity contribution in [3.63, 3.8) is 0 Å². The average molecular weight is 549 g/mol. The Bertz CT molecular complexity index is 1430. The van der Waals surface area contributed by atoms with Crippen LogP contribution in [-0.4, -0.2) is 43.0 Å². The molecule has 37 heavy (non-hydrogen) atoms. The van der Waals surface area contributed by atoms with E-state index in [1.807, 2.05) is 19.0 Å². The normalized spacial score (nSPS) is 12.2. The summed E-state index contributed by atoms with van der Waals surface area (Å²) in [5.74, 6) is -2.02. The monoisotopic (exact) mass is 548 g/mol. The molecule has 2 aromatic carbocycles. The Kier molecular flexibility index (Phi) is 7.87. The molecule has 194 valence electrons. The van der Waals surface area contributed by atoms with E-state index in [1.165, 1.54) is 19.4 Å². The van der Waals surface area contributed by atoms with Gasteiger partial charge in [-0.1, -0.05) is 35.3 Å². The predicted molar refractivity (Wildman–Crippen MR) is 140 cm³/mol. The van der Waals surface area contributed by atoms with Gasteiger partial charge in [-0.25, -0.2) is 13.8 Å². The fraction of sp³-hybridized carbons (Fsp3) is 0.231. The van der Waals surface area contributed by atoms with Crippen molar-refractivity contribution in [1.82, 2.24) is 15.2 Å². The van der Waals surface area contributed by atoms with Gasteiger partial charge in [0.05, 0.1) is 21.7 Å². The maximum atomic E-state index is 14.0. The smallest absolute Gasteiger partial charge is 0.251 e. The molecule has 0 aliphatic carbocycles. The lowest BCUT2D eigenvalue weighted by Gasteiger charge is -2.19.